The number of fused-ring (bicyclic) bond motifs is 3. The molecule has 2 bridgehead atoms. The number of carbonyl (C=O) groups is 6. The summed E-state index contributed by atoms with van der Waals surface area (Å²) in [6.07, 6.45) is 22.3. The predicted octanol–water partition coefficient (Wildman–Crippen LogP) is 5.70. The maximum absolute atomic E-state index is 11.4. The fourth-order valence-electron chi connectivity index (χ4n) is 7.43. The maximum Gasteiger partial charge on any atom is 0.383 e. The van der Waals surface area contributed by atoms with Crippen LogP contribution in [0, 0.1) is 46.8 Å². The van der Waals surface area contributed by atoms with Gasteiger partial charge in [0.1, 0.15) is 6.10 Å². The van der Waals surface area contributed by atoms with Gasteiger partial charge in [-0.2, -0.15) is 17.0 Å². The summed E-state index contributed by atoms with van der Waals surface area (Å²) in [6.45, 7) is 18.5. The number of amides is 2. The molecule has 19 heteroatoms. The summed E-state index contributed by atoms with van der Waals surface area (Å²) < 4.78 is 59.4. The Labute approximate surface area is 414 Å². The van der Waals surface area contributed by atoms with Crippen LogP contribution in [0.5, 0.6) is 0 Å². The molecule has 0 spiro atoms. The van der Waals surface area contributed by atoms with Crippen molar-refractivity contribution in [1.29, 1.82) is 0 Å². The first-order valence-corrected chi connectivity index (χ1v) is 23.5. The molecular formula is C50H78FNO16S. The first-order valence-electron chi connectivity index (χ1n) is 22.6. The van der Waals surface area contributed by atoms with Gasteiger partial charge in [0, 0.05) is 75.9 Å². The first kappa shape index (κ1) is 64.6. The Kier molecular flexibility index (Phi) is 32.6. The number of hydrogen-bond donors (Lipinski definition) is 1. The number of likely N-dealkylation sites (N-methyl/N-ethyl adjacent to an activating group) is 1. The second kappa shape index (κ2) is 34.8. The second-order valence-corrected chi connectivity index (χ2v) is 17.4. The van der Waals surface area contributed by atoms with Crippen LogP contribution in [0.4, 0.5) is 4.39 Å². The van der Waals surface area contributed by atoms with E-state index in [1.807, 2.05) is 6.92 Å². The fourth-order valence-corrected chi connectivity index (χ4v) is 7.43. The van der Waals surface area contributed by atoms with E-state index < -0.39 is 17.8 Å². The molecule has 5 aliphatic heterocycles. The van der Waals surface area contributed by atoms with Crippen molar-refractivity contribution in [3.63, 3.8) is 0 Å². The number of hydrogen-bond acceptors (Lipinski definition) is 17. The van der Waals surface area contributed by atoms with Gasteiger partial charge in [-0.1, -0.05) is 39.2 Å². The number of esters is 4. The number of thiol groups is 1. The van der Waals surface area contributed by atoms with E-state index in [4.69, 9.17) is 37.9 Å². The van der Waals surface area contributed by atoms with Gasteiger partial charge in [-0.25, -0.2) is 14.4 Å². The van der Waals surface area contributed by atoms with Gasteiger partial charge in [0.05, 0.1) is 79.1 Å². The van der Waals surface area contributed by atoms with E-state index in [0.717, 1.165) is 70.6 Å². The highest BCUT2D eigenvalue weighted by molar-refractivity contribution is 7.79. The topological polar surface area (TPSA) is 201 Å². The molecule has 7 atom stereocenters. The van der Waals surface area contributed by atoms with Crippen molar-refractivity contribution in [3.8, 4) is 12.3 Å². The molecule has 8 rings (SSSR count). The molecule has 4 saturated heterocycles. The van der Waals surface area contributed by atoms with E-state index in [1.54, 1.807) is 33.5 Å². The Bertz CT molecular complexity index is 1700. The molecule has 392 valence electrons. The van der Waals surface area contributed by atoms with Crippen LogP contribution >= 0.6 is 12.6 Å². The molecule has 0 radical (unpaired) electrons. The smallest absolute Gasteiger partial charge is 0.383 e. The van der Waals surface area contributed by atoms with E-state index >= 15 is 0 Å². The highest BCUT2D eigenvalue weighted by Crippen LogP contribution is 2.44. The summed E-state index contributed by atoms with van der Waals surface area (Å²) in [6, 6.07) is 0. The van der Waals surface area contributed by atoms with Crippen molar-refractivity contribution in [2.75, 3.05) is 102 Å². The third kappa shape index (κ3) is 24.8. The van der Waals surface area contributed by atoms with Crippen LogP contribution in [-0.2, 0) is 76.1 Å². The van der Waals surface area contributed by atoms with E-state index in [9.17, 15) is 33.2 Å². The van der Waals surface area contributed by atoms with Gasteiger partial charge < -0.3 is 47.4 Å². The fraction of sp³-hybridized carbons (Fsp3) is 0.680. The van der Waals surface area contributed by atoms with Gasteiger partial charge in [-0.15, -0.1) is 6.42 Å². The monoisotopic (exact) mass is 1000 g/mol. The van der Waals surface area contributed by atoms with Crippen LogP contribution in [0.1, 0.15) is 65.7 Å². The summed E-state index contributed by atoms with van der Waals surface area (Å²) in [5, 5.41) is 0. The summed E-state index contributed by atoms with van der Waals surface area (Å²) >= 11 is 3.53. The second-order valence-electron chi connectivity index (χ2n) is 17.4. The minimum atomic E-state index is -1.07. The van der Waals surface area contributed by atoms with Crippen molar-refractivity contribution in [3.05, 3.63) is 48.9 Å². The number of terminal acetylenes is 1. The largest absolute Gasteiger partial charge is 0.469 e. The molecule has 3 aliphatic carbocycles. The SMILES string of the molecule is C#CC(=O)OC.C=C(F)C(=O)OC.C=C1CC(C)OC1=O.CCC1(COC)COC1.CN1C(=O)C=CC1=O.COC(=O)C1CC2C=CC1C2.COCC1(C)COC1.COCC1CCC2OC2C1.CS. The van der Waals surface area contributed by atoms with Crippen LogP contribution in [0.15, 0.2) is 48.9 Å². The third-order valence-corrected chi connectivity index (χ3v) is 11.6. The molecule has 0 aromatic carbocycles. The zero-order valence-electron chi connectivity index (χ0n) is 42.5. The molecule has 6 fully saturated rings. The Morgan fingerprint density at radius 2 is 1.46 bits per heavy atom. The normalized spacial score (nSPS) is 25.5. The number of ether oxygens (including phenoxy) is 10. The van der Waals surface area contributed by atoms with E-state index in [0.29, 0.717) is 46.9 Å². The Morgan fingerprint density at radius 1 is 0.870 bits per heavy atom. The first-order chi connectivity index (χ1) is 32.7. The van der Waals surface area contributed by atoms with Gasteiger partial charge in [0.15, 0.2) is 0 Å². The number of methoxy groups -OCH3 is 6. The maximum atomic E-state index is 11.4. The molecule has 0 aromatic heterocycles. The van der Waals surface area contributed by atoms with Crippen LogP contribution in [0.3, 0.4) is 0 Å². The van der Waals surface area contributed by atoms with Crippen molar-refractivity contribution >= 4 is 48.3 Å². The van der Waals surface area contributed by atoms with Crippen LogP contribution in [0.2, 0.25) is 0 Å². The molecule has 17 nitrogen and oxygen atoms in total. The zero-order valence-corrected chi connectivity index (χ0v) is 43.4. The van der Waals surface area contributed by atoms with E-state index in [1.165, 1.54) is 65.5 Å². The lowest BCUT2D eigenvalue weighted by Gasteiger charge is -2.39. The molecule has 0 aromatic rings. The molecule has 2 saturated carbocycles. The molecule has 8 aliphatic rings. The lowest BCUT2D eigenvalue weighted by molar-refractivity contribution is -0.146. The number of epoxide rings is 1. The van der Waals surface area contributed by atoms with Gasteiger partial charge in [0.2, 0.25) is 5.83 Å². The quantitative estimate of drug-likeness (QED) is 0.0339. The van der Waals surface area contributed by atoms with Crippen molar-refractivity contribution < 1.29 is 80.5 Å². The van der Waals surface area contributed by atoms with Gasteiger partial charge >= 0.3 is 23.9 Å². The van der Waals surface area contributed by atoms with Gasteiger partial charge in [-0.05, 0) is 69.5 Å². The average molecular weight is 1000 g/mol. The van der Waals surface area contributed by atoms with Crippen LogP contribution in [-0.4, -0.2) is 161 Å². The minimum Gasteiger partial charge on any atom is -0.469 e. The number of rotatable bonds is 9. The van der Waals surface area contributed by atoms with Crippen molar-refractivity contribution in [1.82, 2.24) is 4.90 Å². The average Bonchev–Trinajstić information content (AvgIpc) is 3.51. The lowest BCUT2D eigenvalue weighted by atomic mass is 9.84. The highest BCUT2D eigenvalue weighted by atomic mass is 32.1. The Morgan fingerprint density at radius 3 is 1.70 bits per heavy atom. The predicted molar refractivity (Wildman–Crippen MR) is 259 cm³/mol. The van der Waals surface area contributed by atoms with Crippen molar-refractivity contribution in [2.24, 2.45) is 34.5 Å². The number of imide groups is 1. The number of cyclic esters (lactones) is 1. The lowest BCUT2D eigenvalue weighted by Crippen LogP contribution is -2.45. The van der Waals surface area contributed by atoms with E-state index in [-0.39, 0.29) is 35.8 Å². The standard InChI is InChI=1S/C9H12O2.C8H14O2.C7H14O2.C6H12O2.C6H8O2.C5H5NO2.C4H5FO2.C4H4O2.CH4S/c1-11-9(10)8-5-6-2-3-7(8)4-6;1-9-5-6-2-3-7-8(4-6)10-7;1-3-7(4-8-2)5-9-6-7;1-6(3-7-2)4-8-5-6;1-4-3-5(2)8-6(4)7;1-6-4(7)2-3-5(6)8;1-3(5)4(6)7-2;1-3-4(5)6-2;1-2/h2-3,6-8H,4-5H2,1H3;6-8H,2-5H2,1H3;3-6H2,1-2H3;3-5H2,1-2H3;5H,1,3H2,2H3;2-3H,1H3;1H2,2H3;1H,2H3;2H,1H3. The highest BCUT2D eigenvalue weighted by Gasteiger charge is 2.44. The van der Waals surface area contributed by atoms with Crippen molar-refractivity contribution in [2.45, 2.75) is 84.0 Å². The summed E-state index contributed by atoms with van der Waals surface area (Å²) in [5.41, 5.74) is 1.29. The molecule has 69 heavy (non-hydrogen) atoms. The molecule has 5 heterocycles. The number of carbonyl (C=O) groups excluding carboxylic acids is 6. The van der Waals surface area contributed by atoms with Gasteiger partial charge in [0.25, 0.3) is 11.8 Å². The molecule has 0 N–H and O–H groups in total. The number of halogens is 1. The zero-order chi connectivity index (χ0) is 52.7. The van der Waals surface area contributed by atoms with Crippen LogP contribution in [0.25, 0.3) is 0 Å². The summed E-state index contributed by atoms with van der Waals surface area (Å²) in [7, 11) is 10.5. The minimum absolute atomic E-state index is 0.0261. The summed E-state index contributed by atoms with van der Waals surface area (Å²) in [5.74, 6) is 0.367. The van der Waals surface area contributed by atoms with Gasteiger partial charge in [-0.3, -0.25) is 19.3 Å². The molecule has 2 amide bonds. The molecular weight excluding hydrogens is 922 g/mol. The van der Waals surface area contributed by atoms with E-state index in [2.05, 4.69) is 67.7 Å². The Hall–Kier alpha value is -4.42. The summed E-state index contributed by atoms with van der Waals surface area (Å²) in [4.78, 5) is 63.0. The number of nitrogens with zero attached hydrogens (tertiary/aromatic N) is 1. The molecule has 7 unspecified atom stereocenters. The number of allylic oxidation sites excluding steroid dienone is 2. The van der Waals surface area contributed by atoms with Crippen LogP contribution < -0.4 is 0 Å². The Balaban J connectivity index is 0.000000767. The third-order valence-electron chi connectivity index (χ3n) is 11.6.